The van der Waals surface area contributed by atoms with Crippen LogP contribution in [0.25, 0.3) is 0 Å². The number of methoxy groups -OCH3 is 1. The van der Waals surface area contributed by atoms with Gasteiger partial charge in [-0.25, -0.2) is 9.37 Å². The third-order valence-electron chi connectivity index (χ3n) is 6.10. The summed E-state index contributed by atoms with van der Waals surface area (Å²) in [6, 6.07) is 5.88. The molecule has 32 heavy (non-hydrogen) atoms. The predicted octanol–water partition coefficient (Wildman–Crippen LogP) is 4.33. The number of hydrogen-bond acceptors (Lipinski definition) is 5. The largest absolute Gasteiger partial charge is 0.496 e. The van der Waals surface area contributed by atoms with Crippen LogP contribution in [-0.2, 0) is 4.79 Å². The molecule has 3 rings (SSSR count). The molecule has 1 aliphatic carbocycles. The number of anilines is 1. The fourth-order valence-electron chi connectivity index (χ4n) is 4.13. The normalized spacial score (nSPS) is 19.1. The molecule has 1 atom stereocenters. The Hall–Kier alpha value is -3.16. The van der Waals surface area contributed by atoms with Crippen molar-refractivity contribution in [3.63, 3.8) is 0 Å². The van der Waals surface area contributed by atoms with Gasteiger partial charge in [0.1, 0.15) is 17.4 Å². The molecule has 3 N–H and O–H groups in total. The van der Waals surface area contributed by atoms with Crippen molar-refractivity contribution in [1.82, 2.24) is 10.3 Å². The van der Waals surface area contributed by atoms with E-state index < -0.39 is 5.97 Å². The highest BCUT2D eigenvalue weighted by Gasteiger charge is 2.26. The number of carboxylic acid groups (broad SMARTS) is 1. The minimum absolute atomic E-state index is 0.202. The highest BCUT2D eigenvalue weighted by Crippen LogP contribution is 2.30. The lowest BCUT2D eigenvalue weighted by atomic mass is 9.82. The van der Waals surface area contributed by atoms with Crippen molar-refractivity contribution in [2.45, 2.75) is 45.6 Å². The van der Waals surface area contributed by atoms with Crippen LogP contribution in [0, 0.1) is 24.6 Å². The number of nitrogens with zero attached hydrogens (tertiary/aromatic N) is 1. The fraction of sp³-hybridized carbons (Fsp3) is 0.458. The Kier molecular flexibility index (Phi) is 7.66. The molecule has 1 unspecified atom stereocenters. The van der Waals surface area contributed by atoms with Crippen LogP contribution in [0.1, 0.15) is 60.1 Å². The molecule has 1 aromatic carbocycles. The maximum Gasteiger partial charge on any atom is 0.306 e. The number of carbonyl (C=O) groups is 2. The van der Waals surface area contributed by atoms with Crippen molar-refractivity contribution in [3.8, 4) is 5.75 Å². The average Bonchev–Trinajstić information content (AvgIpc) is 2.78. The summed E-state index contributed by atoms with van der Waals surface area (Å²) in [6.45, 7) is 4.27. The Balaban J connectivity index is 1.58. The van der Waals surface area contributed by atoms with Crippen LogP contribution in [0.5, 0.6) is 5.75 Å². The summed E-state index contributed by atoms with van der Waals surface area (Å²) in [7, 11) is 1.54. The van der Waals surface area contributed by atoms with E-state index in [4.69, 9.17) is 9.84 Å². The zero-order valence-electron chi connectivity index (χ0n) is 18.7. The monoisotopic (exact) mass is 443 g/mol. The molecule has 7 nitrogen and oxygen atoms in total. The second-order valence-corrected chi connectivity index (χ2v) is 8.41. The van der Waals surface area contributed by atoms with Gasteiger partial charge in [0.2, 0.25) is 0 Å². The van der Waals surface area contributed by atoms with Gasteiger partial charge in [0, 0.05) is 18.3 Å². The van der Waals surface area contributed by atoms with E-state index >= 15 is 0 Å². The lowest BCUT2D eigenvalue weighted by Crippen LogP contribution is -2.32. The van der Waals surface area contributed by atoms with Gasteiger partial charge >= 0.3 is 5.97 Å². The summed E-state index contributed by atoms with van der Waals surface area (Å²) in [6.07, 6.45) is 4.44. The van der Waals surface area contributed by atoms with E-state index in [1.807, 2.05) is 13.8 Å². The summed E-state index contributed by atoms with van der Waals surface area (Å²) in [5, 5.41) is 15.3. The quantitative estimate of drug-likeness (QED) is 0.561. The van der Waals surface area contributed by atoms with E-state index in [9.17, 15) is 14.0 Å². The van der Waals surface area contributed by atoms with Crippen molar-refractivity contribution in [3.05, 3.63) is 53.0 Å². The van der Waals surface area contributed by atoms with Gasteiger partial charge in [0.25, 0.3) is 5.91 Å². The van der Waals surface area contributed by atoms with Gasteiger partial charge in [-0.3, -0.25) is 9.59 Å². The second kappa shape index (κ2) is 10.4. The van der Waals surface area contributed by atoms with Crippen molar-refractivity contribution < 1.29 is 23.8 Å². The molecule has 172 valence electrons. The van der Waals surface area contributed by atoms with Gasteiger partial charge in [-0.15, -0.1) is 0 Å². The predicted molar refractivity (Wildman–Crippen MR) is 119 cm³/mol. The van der Waals surface area contributed by atoms with Crippen molar-refractivity contribution in [2.75, 3.05) is 19.0 Å². The summed E-state index contributed by atoms with van der Waals surface area (Å²) >= 11 is 0. The SMILES string of the molecule is COc1ccc(F)cc1C(C)Nc1ncc(C(=O)NCC2CCC(C(=O)O)CC2)cc1C. The summed E-state index contributed by atoms with van der Waals surface area (Å²) < 4.78 is 19.0. The lowest BCUT2D eigenvalue weighted by Gasteiger charge is -2.26. The standard InChI is InChI=1S/C24H30FN3O4/c1-14-10-18(23(29)27-12-16-4-6-17(7-5-16)24(30)31)13-26-22(14)28-15(2)20-11-19(25)8-9-21(20)32-3/h8-11,13,15-17H,4-7,12H2,1-3H3,(H,26,28)(H,27,29)(H,30,31). The van der Waals surface area contributed by atoms with Crippen LogP contribution in [0.2, 0.25) is 0 Å². The number of halogens is 1. The van der Waals surface area contributed by atoms with Gasteiger partial charge in [-0.05, 0) is 75.3 Å². The first-order valence-electron chi connectivity index (χ1n) is 10.9. The molecule has 8 heteroatoms. The number of hydrogen-bond donors (Lipinski definition) is 3. The van der Waals surface area contributed by atoms with Crippen LogP contribution in [0.15, 0.2) is 30.5 Å². The molecule has 0 bridgehead atoms. The molecule has 1 fully saturated rings. The van der Waals surface area contributed by atoms with Gasteiger partial charge in [0.05, 0.1) is 24.6 Å². The number of pyridine rings is 1. The smallest absolute Gasteiger partial charge is 0.306 e. The Morgan fingerprint density at radius 3 is 2.59 bits per heavy atom. The van der Waals surface area contributed by atoms with Crippen molar-refractivity contribution in [2.24, 2.45) is 11.8 Å². The van der Waals surface area contributed by atoms with Gasteiger partial charge in [-0.2, -0.15) is 0 Å². The first kappa shape index (κ1) is 23.5. The first-order chi connectivity index (χ1) is 15.3. The summed E-state index contributed by atoms with van der Waals surface area (Å²) in [4.78, 5) is 28.0. The van der Waals surface area contributed by atoms with Crippen LogP contribution in [0.3, 0.4) is 0 Å². The average molecular weight is 444 g/mol. The molecule has 0 aliphatic heterocycles. The van der Waals surface area contributed by atoms with Crippen LogP contribution in [-0.4, -0.2) is 35.6 Å². The summed E-state index contributed by atoms with van der Waals surface area (Å²) in [5.41, 5.74) is 1.93. The zero-order chi connectivity index (χ0) is 23.3. The topological polar surface area (TPSA) is 101 Å². The van der Waals surface area contributed by atoms with E-state index in [1.54, 1.807) is 12.1 Å². The third kappa shape index (κ3) is 5.75. The Morgan fingerprint density at radius 1 is 1.25 bits per heavy atom. The van der Waals surface area contributed by atoms with Crippen molar-refractivity contribution >= 4 is 17.7 Å². The second-order valence-electron chi connectivity index (χ2n) is 8.41. The van der Waals surface area contributed by atoms with Gasteiger partial charge in [0.15, 0.2) is 0 Å². The summed E-state index contributed by atoms with van der Waals surface area (Å²) in [5.74, 6) is -0.0529. The molecule has 1 saturated carbocycles. The molecule has 2 aromatic rings. The number of ether oxygens (including phenoxy) is 1. The zero-order valence-corrected chi connectivity index (χ0v) is 18.7. The maximum absolute atomic E-state index is 13.7. The number of carboxylic acids is 1. The van der Waals surface area contributed by atoms with Gasteiger partial charge in [-0.1, -0.05) is 0 Å². The third-order valence-corrected chi connectivity index (χ3v) is 6.10. The molecule has 0 spiro atoms. The number of nitrogens with one attached hydrogen (secondary N) is 2. The van der Waals surface area contributed by atoms with E-state index in [2.05, 4.69) is 15.6 Å². The van der Waals surface area contributed by atoms with Gasteiger partial charge < -0.3 is 20.5 Å². The number of aliphatic carboxylic acids is 1. The number of benzene rings is 1. The Labute approximate surface area is 187 Å². The van der Waals surface area contributed by atoms with E-state index in [0.29, 0.717) is 48.0 Å². The molecule has 1 aliphatic rings. The molecule has 1 heterocycles. The first-order valence-corrected chi connectivity index (χ1v) is 10.9. The number of rotatable bonds is 8. The molecule has 1 aromatic heterocycles. The number of aryl methyl sites for hydroxylation is 1. The van der Waals surface area contributed by atoms with Crippen LogP contribution >= 0.6 is 0 Å². The van der Waals surface area contributed by atoms with E-state index in [1.165, 1.54) is 25.4 Å². The number of aromatic nitrogens is 1. The van der Waals surface area contributed by atoms with Crippen LogP contribution < -0.4 is 15.4 Å². The number of carbonyl (C=O) groups excluding carboxylic acids is 1. The molecule has 0 radical (unpaired) electrons. The Morgan fingerprint density at radius 2 is 1.97 bits per heavy atom. The fourth-order valence-corrected chi connectivity index (χ4v) is 4.13. The van der Waals surface area contributed by atoms with E-state index in [0.717, 1.165) is 18.4 Å². The van der Waals surface area contributed by atoms with Crippen molar-refractivity contribution in [1.29, 1.82) is 0 Å². The maximum atomic E-state index is 13.7. The minimum atomic E-state index is -0.729. The highest BCUT2D eigenvalue weighted by atomic mass is 19.1. The molecular weight excluding hydrogens is 413 g/mol. The number of amides is 1. The lowest BCUT2D eigenvalue weighted by molar-refractivity contribution is -0.143. The molecule has 1 amide bonds. The van der Waals surface area contributed by atoms with Crippen LogP contribution in [0.4, 0.5) is 10.2 Å². The minimum Gasteiger partial charge on any atom is -0.496 e. The molecular formula is C24H30FN3O4. The highest BCUT2D eigenvalue weighted by molar-refractivity contribution is 5.94. The Bertz CT molecular complexity index is 974. The molecule has 0 saturated heterocycles. The van der Waals surface area contributed by atoms with E-state index in [-0.39, 0.29) is 23.7 Å².